The number of halogens is 7. The van der Waals surface area contributed by atoms with Crippen LogP contribution in [0.3, 0.4) is 0 Å². The molecular formula is C24H15F7N4O3S. The van der Waals surface area contributed by atoms with Gasteiger partial charge in [0.05, 0.1) is 33.0 Å². The van der Waals surface area contributed by atoms with Gasteiger partial charge in [-0.3, -0.25) is 9.78 Å². The van der Waals surface area contributed by atoms with Crippen LogP contribution in [0, 0.1) is 5.82 Å². The van der Waals surface area contributed by atoms with E-state index in [1.165, 1.54) is 18.2 Å². The highest BCUT2D eigenvalue weighted by Gasteiger charge is 2.37. The average molecular weight is 572 g/mol. The molecule has 3 N–H and O–H groups in total. The number of primary sulfonamides is 1. The zero-order valence-corrected chi connectivity index (χ0v) is 20.0. The molecule has 2 aromatic heterocycles. The van der Waals surface area contributed by atoms with Crippen molar-refractivity contribution in [1.82, 2.24) is 15.0 Å². The minimum atomic E-state index is -5.12. The molecule has 0 bridgehead atoms. The molecule has 0 saturated carbocycles. The van der Waals surface area contributed by atoms with E-state index in [4.69, 9.17) is 5.14 Å². The molecule has 0 fully saturated rings. The summed E-state index contributed by atoms with van der Waals surface area (Å²) >= 11 is 0. The second-order valence-electron chi connectivity index (χ2n) is 8.20. The van der Waals surface area contributed by atoms with Gasteiger partial charge in [-0.25, -0.2) is 22.9 Å². The van der Waals surface area contributed by atoms with Gasteiger partial charge in [0.15, 0.2) is 0 Å². The van der Waals surface area contributed by atoms with Crippen molar-refractivity contribution in [2.45, 2.75) is 23.7 Å². The number of aromatic amines is 1. The van der Waals surface area contributed by atoms with Crippen molar-refractivity contribution in [3.8, 4) is 22.8 Å². The highest BCUT2D eigenvalue weighted by Crippen LogP contribution is 2.39. The van der Waals surface area contributed by atoms with Crippen LogP contribution in [0.15, 0.2) is 70.5 Å². The van der Waals surface area contributed by atoms with Crippen molar-refractivity contribution < 1.29 is 39.2 Å². The van der Waals surface area contributed by atoms with Crippen molar-refractivity contribution in [3.05, 3.63) is 99.2 Å². The molecule has 4 rings (SSSR count). The van der Waals surface area contributed by atoms with E-state index in [0.29, 0.717) is 18.3 Å². The van der Waals surface area contributed by atoms with Crippen LogP contribution in [-0.2, 0) is 28.8 Å². The van der Waals surface area contributed by atoms with Crippen LogP contribution in [0.5, 0.6) is 0 Å². The van der Waals surface area contributed by atoms with Gasteiger partial charge >= 0.3 is 12.4 Å². The Hall–Kier alpha value is -4.11. The van der Waals surface area contributed by atoms with Gasteiger partial charge in [-0.2, -0.15) is 26.3 Å². The summed E-state index contributed by atoms with van der Waals surface area (Å²) in [4.78, 5) is 21.4. The molecule has 0 saturated heterocycles. The van der Waals surface area contributed by atoms with Crippen molar-refractivity contribution in [3.63, 3.8) is 0 Å². The zero-order chi connectivity index (χ0) is 28.8. The van der Waals surface area contributed by atoms with Crippen molar-refractivity contribution in [2.24, 2.45) is 5.14 Å². The number of alkyl halides is 6. The molecule has 39 heavy (non-hydrogen) atoms. The number of nitrogens with two attached hydrogens (primary N) is 1. The lowest BCUT2D eigenvalue weighted by molar-refractivity contribution is -0.138. The minimum absolute atomic E-state index is 0.00577. The molecule has 204 valence electrons. The summed E-state index contributed by atoms with van der Waals surface area (Å²) < 4.78 is 120. The number of nitrogens with zero attached hydrogens (tertiary/aromatic N) is 2. The maximum Gasteiger partial charge on any atom is 0.417 e. The van der Waals surface area contributed by atoms with Gasteiger partial charge in [-0.05, 0) is 35.4 Å². The number of H-pyrrole nitrogens is 1. The van der Waals surface area contributed by atoms with E-state index in [1.54, 1.807) is 0 Å². The topological polar surface area (TPSA) is 119 Å². The molecular weight excluding hydrogens is 557 g/mol. The van der Waals surface area contributed by atoms with E-state index in [9.17, 15) is 39.6 Å². The van der Waals surface area contributed by atoms with Crippen LogP contribution in [0.2, 0.25) is 0 Å². The number of sulfonamides is 1. The van der Waals surface area contributed by atoms with E-state index in [0.717, 1.165) is 24.3 Å². The third-order valence-electron chi connectivity index (χ3n) is 5.52. The van der Waals surface area contributed by atoms with Crippen molar-refractivity contribution >= 4 is 10.0 Å². The molecule has 0 aliphatic heterocycles. The third kappa shape index (κ3) is 5.98. The Morgan fingerprint density at radius 2 is 1.56 bits per heavy atom. The third-order valence-corrected chi connectivity index (χ3v) is 6.53. The van der Waals surface area contributed by atoms with E-state index in [1.807, 2.05) is 4.98 Å². The quantitative estimate of drug-likeness (QED) is 0.330. The van der Waals surface area contributed by atoms with E-state index >= 15 is 4.39 Å². The summed E-state index contributed by atoms with van der Waals surface area (Å²) in [5.74, 6) is -2.33. The minimum Gasteiger partial charge on any atom is -0.306 e. The molecule has 4 aromatic rings. The second kappa shape index (κ2) is 9.89. The number of aromatic nitrogens is 3. The Labute approximate surface area is 215 Å². The molecule has 0 atom stereocenters. The summed E-state index contributed by atoms with van der Waals surface area (Å²) in [7, 11) is -4.25. The van der Waals surface area contributed by atoms with Crippen LogP contribution >= 0.6 is 0 Å². The first-order chi connectivity index (χ1) is 18.1. The number of rotatable bonds is 5. The largest absolute Gasteiger partial charge is 0.417 e. The van der Waals surface area contributed by atoms with Crippen LogP contribution in [-0.4, -0.2) is 23.4 Å². The normalized spacial score (nSPS) is 12.5. The fourth-order valence-electron chi connectivity index (χ4n) is 3.78. The Balaban J connectivity index is 1.89. The van der Waals surface area contributed by atoms with Gasteiger partial charge in [-0.15, -0.1) is 0 Å². The number of nitrogens with one attached hydrogen (secondary N) is 1. The first-order valence-electron chi connectivity index (χ1n) is 10.7. The lowest BCUT2D eigenvalue weighted by Gasteiger charge is -2.17. The summed E-state index contributed by atoms with van der Waals surface area (Å²) in [5.41, 5.74) is -5.91. The molecule has 0 spiro atoms. The van der Waals surface area contributed by atoms with Crippen molar-refractivity contribution in [2.75, 3.05) is 0 Å². The van der Waals surface area contributed by atoms with Gasteiger partial charge in [0.1, 0.15) is 11.6 Å². The summed E-state index contributed by atoms with van der Waals surface area (Å²) in [6, 6.07) is 8.83. The fraction of sp³-hybridized carbons (Fsp3) is 0.125. The predicted molar refractivity (Wildman–Crippen MR) is 124 cm³/mol. The number of hydrogen-bond donors (Lipinski definition) is 2. The number of hydrogen-bond acceptors (Lipinski definition) is 5. The summed E-state index contributed by atoms with van der Waals surface area (Å²) in [6.45, 7) is 0. The second-order valence-corrected chi connectivity index (χ2v) is 9.73. The molecule has 0 aliphatic carbocycles. The van der Waals surface area contributed by atoms with E-state index in [-0.39, 0.29) is 21.7 Å². The summed E-state index contributed by atoms with van der Waals surface area (Å²) in [6.07, 6.45) is -9.88. The Morgan fingerprint density at radius 3 is 2.15 bits per heavy atom. The summed E-state index contributed by atoms with van der Waals surface area (Å²) in [5, 5.41) is 5.18. The number of pyridine rings is 1. The first kappa shape index (κ1) is 27.9. The Kier molecular flexibility index (Phi) is 7.08. The maximum atomic E-state index is 15.7. The van der Waals surface area contributed by atoms with Crippen LogP contribution in [0.25, 0.3) is 22.8 Å². The van der Waals surface area contributed by atoms with E-state index in [2.05, 4.69) is 9.97 Å². The average Bonchev–Trinajstić information content (AvgIpc) is 2.83. The van der Waals surface area contributed by atoms with E-state index < -0.39 is 68.4 Å². The van der Waals surface area contributed by atoms with Gasteiger partial charge in [0, 0.05) is 18.7 Å². The van der Waals surface area contributed by atoms with Gasteiger partial charge in [0.2, 0.25) is 10.0 Å². The van der Waals surface area contributed by atoms with Gasteiger partial charge < -0.3 is 4.98 Å². The predicted octanol–water partition coefficient (Wildman–Crippen LogP) is 4.91. The monoisotopic (exact) mass is 572 g/mol. The lowest BCUT2D eigenvalue weighted by atomic mass is 9.97. The highest BCUT2D eigenvalue weighted by molar-refractivity contribution is 7.89. The molecule has 7 nitrogen and oxygen atoms in total. The highest BCUT2D eigenvalue weighted by atomic mass is 32.2. The van der Waals surface area contributed by atoms with Gasteiger partial charge in [0.25, 0.3) is 5.56 Å². The van der Waals surface area contributed by atoms with Gasteiger partial charge in [-0.1, -0.05) is 24.3 Å². The number of benzene rings is 2. The SMILES string of the molecule is NS(=O)(=O)c1ccccc1Cc1ccc(C(F)(F)F)c(-c2nc(-c3ccc(C(F)(F)F)cn3)cc(=O)[nH]2)c1F. The Morgan fingerprint density at radius 1 is 0.872 bits per heavy atom. The first-order valence-corrected chi connectivity index (χ1v) is 12.2. The maximum absolute atomic E-state index is 15.7. The van der Waals surface area contributed by atoms with Crippen LogP contribution < -0.4 is 10.7 Å². The Bertz CT molecular complexity index is 1720. The molecule has 2 heterocycles. The van der Waals surface area contributed by atoms with Crippen LogP contribution in [0.1, 0.15) is 22.3 Å². The smallest absolute Gasteiger partial charge is 0.306 e. The molecule has 2 aromatic carbocycles. The standard InChI is InChI=1S/C24H15F7N4O3S/c25-21-13(9-12-3-1-2-4-18(12)39(32,37)38)5-7-15(24(29,30)31)20(21)22-34-17(10-19(36)35-22)16-8-6-14(11-33-16)23(26,27)28/h1-8,10-11H,9H2,(H2,32,37,38)(H,34,35,36). The molecule has 0 radical (unpaired) electrons. The molecule has 15 heteroatoms. The molecule has 0 amide bonds. The van der Waals surface area contributed by atoms with Crippen LogP contribution in [0.4, 0.5) is 30.7 Å². The molecule has 0 unspecified atom stereocenters. The zero-order valence-electron chi connectivity index (χ0n) is 19.2. The van der Waals surface area contributed by atoms with Crippen molar-refractivity contribution in [1.29, 1.82) is 0 Å². The lowest BCUT2D eigenvalue weighted by Crippen LogP contribution is -2.16. The molecule has 0 aliphatic rings. The fourth-order valence-corrected chi connectivity index (χ4v) is 4.55.